The summed E-state index contributed by atoms with van der Waals surface area (Å²) in [6.07, 6.45) is 0.147. The minimum absolute atomic E-state index is 0.147. The van der Waals surface area contributed by atoms with E-state index < -0.39 is 0 Å². The Morgan fingerprint density at radius 1 is 1.21 bits per heavy atom. The number of amides is 1. The van der Waals surface area contributed by atoms with Gasteiger partial charge in [-0.15, -0.1) is 0 Å². The Kier molecular flexibility index (Phi) is 5.62. The van der Waals surface area contributed by atoms with E-state index in [1.54, 1.807) is 26.0 Å². The summed E-state index contributed by atoms with van der Waals surface area (Å²) in [6.45, 7) is 3.50. The molecular formula is C16H21N3O5. The van der Waals surface area contributed by atoms with Crippen LogP contribution in [0.15, 0.2) is 16.7 Å². The minimum atomic E-state index is -0.374. The largest absolute Gasteiger partial charge is 0.493 e. The van der Waals surface area contributed by atoms with Crippen molar-refractivity contribution in [1.82, 2.24) is 15.5 Å². The zero-order valence-electron chi connectivity index (χ0n) is 14.4. The molecule has 1 atom stereocenters. The van der Waals surface area contributed by atoms with Gasteiger partial charge in [0.05, 0.1) is 27.8 Å². The van der Waals surface area contributed by atoms with E-state index in [1.807, 2.05) is 0 Å². The van der Waals surface area contributed by atoms with Gasteiger partial charge >= 0.3 is 0 Å². The topological polar surface area (TPSA) is 95.7 Å². The fraction of sp³-hybridized carbons (Fsp3) is 0.438. The number of aryl methyl sites for hydroxylation is 1. The average molecular weight is 335 g/mol. The van der Waals surface area contributed by atoms with Crippen molar-refractivity contribution in [2.24, 2.45) is 0 Å². The van der Waals surface area contributed by atoms with E-state index in [0.29, 0.717) is 29.0 Å². The second kappa shape index (κ2) is 7.67. The quantitative estimate of drug-likeness (QED) is 0.824. The molecule has 1 aromatic carbocycles. The van der Waals surface area contributed by atoms with Gasteiger partial charge in [-0.2, -0.15) is 4.98 Å². The van der Waals surface area contributed by atoms with Gasteiger partial charge in [0.2, 0.25) is 17.5 Å². The summed E-state index contributed by atoms with van der Waals surface area (Å²) in [4.78, 5) is 16.3. The van der Waals surface area contributed by atoms with Crippen LogP contribution in [-0.2, 0) is 11.2 Å². The summed E-state index contributed by atoms with van der Waals surface area (Å²) < 4.78 is 20.9. The second-order valence-electron chi connectivity index (χ2n) is 5.18. The number of hydrogen-bond acceptors (Lipinski definition) is 7. The lowest BCUT2D eigenvalue weighted by Gasteiger charge is -2.14. The molecule has 0 aliphatic heterocycles. The van der Waals surface area contributed by atoms with Crippen molar-refractivity contribution in [1.29, 1.82) is 0 Å². The Bertz CT molecular complexity index is 688. The summed E-state index contributed by atoms with van der Waals surface area (Å²) in [7, 11) is 4.59. The molecule has 8 nitrogen and oxygen atoms in total. The molecule has 0 bridgehead atoms. The van der Waals surface area contributed by atoms with E-state index in [9.17, 15) is 4.79 Å². The van der Waals surface area contributed by atoms with Crippen LogP contribution >= 0.6 is 0 Å². The fourth-order valence-corrected chi connectivity index (χ4v) is 2.27. The molecule has 24 heavy (non-hydrogen) atoms. The molecule has 8 heteroatoms. The van der Waals surface area contributed by atoms with E-state index >= 15 is 0 Å². The second-order valence-corrected chi connectivity index (χ2v) is 5.18. The van der Waals surface area contributed by atoms with Gasteiger partial charge in [0.15, 0.2) is 17.3 Å². The standard InChI is InChI=1S/C16H21N3O5/c1-9(16-18-10(2)19-24-16)17-14(20)8-11-6-12(21-3)15(23-5)13(7-11)22-4/h6-7,9H,8H2,1-5H3,(H,17,20). The van der Waals surface area contributed by atoms with Gasteiger partial charge in [0, 0.05) is 0 Å². The number of nitrogens with zero attached hydrogens (tertiary/aromatic N) is 2. The summed E-state index contributed by atoms with van der Waals surface area (Å²) in [6, 6.07) is 3.10. The normalized spacial score (nSPS) is 11.7. The molecule has 0 fully saturated rings. The van der Waals surface area contributed by atoms with Crippen LogP contribution in [-0.4, -0.2) is 37.4 Å². The number of hydrogen-bond donors (Lipinski definition) is 1. The van der Waals surface area contributed by atoms with E-state index in [-0.39, 0.29) is 18.4 Å². The molecule has 130 valence electrons. The SMILES string of the molecule is COc1cc(CC(=O)NC(C)c2nc(C)no2)cc(OC)c1OC. The van der Waals surface area contributed by atoms with Crippen molar-refractivity contribution < 1.29 is 23.5 Å². The molecule has 1 unspecified atom stereocenters. The Morgan fingerprint density at radius 3 is 2.29 bits per heavy atom. The summed E-state index contributed by atoms with van der Waals surface area (Å²) >= 11 is 0. The Morgan fingerprint density at radius 2 is 1.83 bits per heavy atom. The molecule has 1 aromatic heterocycles. The first-order valence-corrected chi connectivity index (χ1v) is 7.37. The summed E-state index contributed by atoms with van der Waals surface area (Å²) in [5.41, 5.74) is 0.732. The number of benzene rings is 1. The fourth-order valence-electron chi connectivity index (χ4n) is 2.27. The first-order valence-electron chi connectivity index (χ1n) is 7.37. The highest BCUT2D eigenvalue weighted by Gasteiger charge is 2.18. The third kappa shape index (κ3) is 3.95. The molecule has 0 radical (unpaired) electrons. The van der Waals surface area contributed by atoms with Crippen molar-refractivity contribution >= 4 is 5.91 Å². The van der Waals surface area contributed by atoms with Crippen molar-refractivity contribution in [2.75, 3.05) is 21.3 Å². The lowest BCUT2D eigenvalue weighted by atomic mass is 10.1. The molecule has 2 aromatic rings. The number of aromatic nitrogens is 2. The van der Waals surface area contributed by atoms with Crippen molar-refractivity contribution in [2.45, 2.75) is 26.3 Å². The number of carbonyl (C=O) groups excluding carboxylic acids is 1. The van der Waals surface area contributed by atoms with Crippen LogP contribution in [0.25, 0.3) is 0 Å². The highest BCUT2D eigenvalue weighted by atomic mass is 16.5. The van der Waals surface area contributed by atoms with Crippen LogP contribution in [0.2, 0.25) is 0 Å². The number of carbonyl (C=O) groups is 1. The lowest BCUT2D eigenvalue weighted by molar-refractivity contribution is -0.121. The molecule has 1 N–H and O–H groups in total. The van der Waals surface area contributed by atoms with Crippen LogP contribution in [0.1, 0.15) is 30.2 Å². The predicted octanol–water partition coefficient (Wildman–Crippen LogP) is 1.82. The predicted molar refractivity (Wildman–Crippen MR) is 85.4 cm³/mol. The van der Waals surface area contributed by atoms with Crippen molar-refractivity contribution in [3.05, 3.63) is 29.4 Å². The van der Waals surface area contributed by atoms with Crippen LogP contribution in [0.5, 0.6) is 17.2 Å². The van der Waals surface area contributed by atoms with Gasteiger partial charge in [-0.05, 0) is 31.5 Å². The van der Waals surface area contributed by atoms with Gasteiger partial charge in [-0.25, -0.2) is 0 Å². The maximum absolute atomic E-state index is 12.2. The van der Waals surface area contributed by atoms with E-state index in [4.69, 9.17) is 18.7 Å². The number of rotatable bonds is 7. The summed E-state index contributed by atoms with van der Waals surface area (Å²) in [5.74, 6) is 2.19. The van der Waals surface area contributed by atoms with Crippen LogP contribution < -0.4 is 19.5 Å². The lowest BCUT2D eigenvalue weighted by Crippen LogP contribution is -2.28. The van der Waals surface area contributed by atoms with Crippen LogP contribution in [0, 0.1) is 6.92 Å². The smallest absolute Gasteiger partial charge is 0.248 e. The zero-order valence-corrected chi connectivity index (χ0v) is 14.4. The summed E-state index contributed by atoms with van der Waals surface area (Å²) in [5, 5.41) is 6.52. The van der Waals surface area contributed by atoms with Gasteiger partial charge in [-0.3, -0.25) is 4.79 Å². The zero-order chi connectivity index (χ0) is 17.7. The first kappa shape index (κ1) is 17.6. The van der Waals surface area contributed by atoms with E-state index in [1.165, 1.54) is 21.3 Å². The minimum Gasteiger partial charge on any atom is -0.493 e. The van der Waals surface area contributed by atoms with Gasteiger partial charge < -0.3 is 24.1 Å². The molecule has 0 saturated carbocycles. The molecule has 0 aliphatic rings. The van der Waals surface area contributed by atoms with Crippen molar-refractivity contribution in [3.8, 4) is 17.2 Å². The Labute approximate surface area is 140 Å². The highest BCUT2D eigenvalue weighted by molar-refractivity contribution is 5.79. The number of methoxy groups -OCH3 is 3. The van der Waals surface area contributed by atoms with Crippen LogP contribution in [0.4, 0.5) is 0 Å². The Balaban J connectivity index is 2.11. The maximum atomic E-state index is 12.2. The Hall–Kier alpha value is -2.77. The molecule has 0 aliphatic carbocycles. The molecule has 2 rings (SSSR count). The van der Waals surface area contributed by atoms with Crippen molar-refractivity contribution in [3.63, 3.8) is 0 Å². The van der Waals surface area contributed by atoms with Crippen LogP contribution in [0.3, 0.4) is 0 Å². The van der Waals surface area contributed by atoms with E-state index in [0.717, 1.165) is 5.56 Å². The van der Waals surface area contributed by atoms with Gasteiger partial charge in [0.25, 0.3) is 0 Å². The highest BCUT2D eigenvalue weighted by Crippen LogP contribution is 2.38. The third-order valence-corrected chi connectivity index (χ3v) is 3.38. The monoisotopic (exact) mass is 335 g/mol. The van der Waals surface area contributed by atoms with Gasteiger partial charge in [-0.1, -0.05) is 5.16 Å². The molecule has 1 amide bonds. The van der Waals surface area contributed by atoms with Gasteiger partial charge in [0.1, 0.15) is 6.04 Å². The molecule has 0 spiro atoms. The first-order chi connectivity index (χ1) is 11.5. The average Bonchev–Trinajstić information content (AvgIpc) is 3.00. The maximum Gasteiger partial charge on any atom is 0.248 e. The molecule has 1 heterocycles. The van der Waals surface area contributed by atoms with E-state index in [2.05, 4.69) is 15.5 Å². The number of ether oxygens (including phenoxy) is 3. The molecule has 0 saturated heterocycles. The molecular weight excluding hydrogens is 314 g/mol. The number of nitrogens with one attached hydrogen (secondary N) is 1. The third-order valence-electron chi connectivity index (χ3n) is 3.38.